The van der Waals surface area contributed by atoms with Gasteiger partial charge in [-0.05, 0) is 48.5 Å². The number of thioether (sulfide) groups is 1. The van der Waals surface area contributed by atoms with Crippen molar-refractivity contribution in [3.8, 4) is 17.2 Å². The Balaban J connectivity index is 1.54. The molecule has 8 heteroatoms. The van der Waals surface area contributed by atoms with Gasteiger partial charge in [0, 0.05) is 16.3 Å². The molecule has 1 heterocycles. The van der Waals surface area contributed by atoms with E-state index >= 15 is 0 Å². The summed E-state index contributed by atoms with van der Waals surface area (Å²) in [5, 5.41) is 11.7. The standard InChI is InChI=1S/C17H14ClN3O3S/c1-23-14-8-6-13(7-9-14)19-15(22)10-25-17-21-20-16(24-17)11-2-4-12(18)5-3-11/h2-9H,10H2,1H3,(H,19,22). The van der Waals surface area contributed by atoms with Crippen LogP contribution >= 0.6 is 23.4 Å². The number of carbonyl (C=O) groups is 1. The molecule has 0 atom stereocenters. The number of halogens is 1. The molecule has 0 radical (unpaired) electrons. The minimum Gasteiger partial charge on any atom is -0.497 e. The van der Waals surface area contributed by atoms with E-state index in [-0.39, 0.29) is 11.7 Å². The lowest BCUT2D eigenvalue weighted by molar-refractivity contribution is -0.113. The number of carbonyl (C=O) groups excluding carboxylic acids is 1. The molecule has 0 saturated carbocycles. The van der Waals surface area contributed by atoms with Gasteiger partial charge in [-0.25, -0.2) is 0 Å². The molecule has 0 aliphatic heterocycles. The molecule has 1 amide bonds. The van der Waals surface area contributed by atoms with Crippen LogP contribution in [-0.2, 0) is 4.79 Å². The lowest BCUT2D eigenvalue weighted by Gasteiger charge is -2.05. The third-order valence-electron chi connectivity index (χ3n) is 3.20. The minimum atomic E-state index is -0.165. The number of benzene rings is 2. The van der Waals surface area contributed by atoms with Gasteiger partial charge in [0.15, 0.2) is 0 Å². The molecule has 0 aliphatic rings. The molecule has 128 valence electrons. The van der Waals surface area contributed by atoms with Crippen molar-refractivity contribution in [3.63, 3.8) is 0 Å². The lowest BCUT2D eigenvalue weighted by Crippen LogP contribution is -2.13. The van der Waals surface area contributed by atoms with E-state index in [9.17, 15) is 4.79 Å². The number of nitrogens with zero attached hydrogens (tertiary/aromatic N) is 2. The van der Waals surface area contributed by atoms with Crippen molar-refractivity contribution < 1.29 is 13.9 Å². The molecule has 1 N–H and O–H groups in total. The highest BCUT2D eigenvalue weighted by Crippen LogP contribution is 2.24. The predicted octanol–water partition coefficient (Wildman–Crippen LogP) is 4.13. The molecular formula is C17H14ClN3O3S. The maximum atomic E-state index is 12.0. The number of hydrogen-bond acceptors (Lipinski definition) is 6. The van der Waals surface area contributed by atoms with Gasteiger partial charge >= 0.3 is 0 Å². The van der Waals surface area contributed by atoms with Crippen LogP contribution in [-0.4, -0.2) is 29.0 Å². The molecule has 25 heavy (non-hydrogen) atoms. The van der Waals surface area contributed by atoms with Crippen LogP contribution in [0.2, 0.25) is 5.02 Å². The first-order valence-corrected chi connectivity index (χ1v) is 8.66. The minimum absolute atomic E-state index is 0.161. The van der Waals surface area contributed by atoms with Crippen LogP contribution in [0.5, 0.6) is 5.75 Å². The molecule has 0 unspecified atom stereocenters. The van der Waals surface area contributed by atoms with Crippen LogP contribution in [0.4, 0.5) is 5.69 Å². The maximum absolute atomic E-state index is 12.0. The van der Waals surface area contributed by atoms with Gasteiger partial charge in [-0.1, -0.05) is 23.4 Å². The first-order chi connectivity index (χ1) is 12.1. The molecule has 3 rings (SSSR count). The Bertz CT molecular complexity index is 850. The van der Waals surface area contributed by atoms with E-state index in [1.807, 2.05) is 0 Å². The number of anilines is 1. The van der Waals surface area contributed by atoms with E-state index in [4.69, 9.17) is 20.8 Å². The van der Waals surface area contributed by atoms with Gasteiger partial charge in [0.2, 0.25) is 11.8 Å². The summed E-state index contributed by atoms with van der Waals surface area (Å²) in [6.07, 6.45) is 0. The molecule has 6 nitrogen and oxygen atoms in total. The molecule has 0 aliphatic carbocycles. The molecule has 0 fully saturated rings. The van der Waals surface area contributed by atoms with E-state index in [1.165, 1.54) is 11.8 Å². The van der Waals surface area contributed by atoms with Crippen molar-refractivity contribution in [2.75, 3.05) is 18.2 Å². The van der Waals surface area contributed by atoms with Crippen molar-refractivity contribution >= 4 is 35.0 Å². The van der Waals surface area contributed by atoms with Gasteiger partial charge in [-0.2, -0.15) is 0 Å². The zero-order valence-electron chi connectivity index (χ0n) is 13.2. The normalized spacial score (nSPS) is 10.5. The predicted molar refractivity (Wildman–Crippen MR) is 97.1 cm³/mol. The quantitative estimate of drug-likeness (QED) is 0.653. The Morgan fingerprint density at radius 1 is 1.16 bits per heavy atom. The second-order valence-electron chi connectivity index (χ2n) is 4.95. The van der Waals surface area contributed by atoms with Crippen molar-refractivity contribution in [3.05, 3.63) is 53.6 Å². The average molecular weight is 376 g/mol. The highest BCUT2D eigenvalue weighted by molar-refractivity contribution is 7.99. The fourth-order valence-electron chi connectivity index (χ4n) is 1.98. The molecule has 0 spiro atoms. The summed E-state index contributed by atoms with van der Waals surface area (Å²) >= 11 is 7.02. The van der Waals surface area contributed by atoms with E-state index in [0.717, 1.165) is 11.3 Å². The smallest absolute Gasteiger partial charge is 0.277 e. The molecule has 0 bridgehead atoms. The molecule has 1 aromatic heterocycles. The van der Waals surface area contributed by atoms with Crippen LogP contribution in [0.25, 0.3) is 11.5 Å². The van der Waals surface area contributed by atoms with Gasteiger partial charge in [0.1, 0.15) is 5.75 Å². The summed E-state index contributed by atoms with van der Waals surface area (Å²) in [7, 11) is 1.59. The lowest BCUT2D eigenvalue weighted by atomic mass is 10.2. The van der Waals surface area contributed by atoms with Crippen LogP contribution in [0, 0.1) is 0 Å². The highest BCUT2D eigenvalue weighted by atomic mass is 35.5. The van der Waals surface area contributed by atoms with E-state index in [1.54, 1.807) is 55.6 Å². The van der Waals surface area contributed by atoms with Gasteiger partial charge in [-0.15, -0.1) is 10.2 Å². The first-order valence-electron chi connectivity index (χ1n) is 7.30. The van der Waals surface area contributed by atoms with Gasteiger partial charge in [-0.3, -0.25) is 4.79 Å². The Hall–Kier alpha value is -2.51. The third-order valence-corrected chi connectivity index (χ3v) is 4.27. The van der Waals surface area contributed by atoms with Crippen LogP contribution in [0.3, 0.4) is 0 Å². The Kier molecular flexibility index (Phi) is 5.57. The SMILES string of the molecule is COc1ccc(NC(=O)CSc2nnc(-c3ccc(Cl)cc3)o2)cc1. The van der Waals surface area contributed by atoms with E-state index < -0.39 is 0 Å². The van der Waals surface area contributed by atoms with Gasteiger partial charge in [0.05, 0.1) is 12.9 Å². The van der Waals surface area contributed by atoms with E-state index in [0.29, 0.717) is 21.8 Å². The second kappa shape index (κ2) is 8.04. The largest absolute Gasteiger partial charge is 0.497 e. The number of amides is 1. The summed E-state index contributed by atoms with van der Waals surface area (Å²) in [4.78, 5) is 12.0. The van der Waals surface area contributed by atoms with Crippen LogP contribution in [0.1, 0.15) is 0 Å². The summed E-state index contributed by atoms with van der Waals surface area (Å²) < 4.78 is 10.6. The van der Waals surface area contributed by atoms with Crippen molar-refractivity contribution in [1.29, 1.82) is 0 Å². The Morgan fingerprint density at radius 3 is 2.56 bits per heavy atom. The van der Waals surface area contributed by atoms with Crippen molar-refractivity contribution in [2.24, 2.45) is 0 Å². The van der Waals surface area contributed by atoms with Crippen molar-refractivity contribution in [1.82, 2.24) is 10.2 Å². The number of aromatic nitrogens is 2. The topological polar surface area (TPSA) is 77.2 Å². The second-order valence-corrected chi connectivity index (χ2v) is 6.31. The Labute approximate surface area is 153 Å². The van der Waals surface area contributed by atoms with E-state index in [2.05, 4.69) is 15.5 Å². The van der Waals surface area contributed by atoms with Gasteiger partial charge < -0.3 is 14.5 Å². The number of nitrogens with one attached hydrogen (secondary N) is 1. The summed E-state index contributed by atoms with van der Waals surface area (Å²) in [6.45, 7) is 0. The third kappa shape index (κ3) is 4.74. The molecule has 2 aromatic carbocycles. The summed E-state index contributed by atoms with van der Waals surface area (Å²) in [5.74, 6) is 1.11. The zero-order valence-corrected chi connectivity index (χ0v) is 14.8. The number of hydrogen-bond donors (Lipinski definition) is 1. The fraction of sp³-hybridized carbons (Fsp3) is 0.118. The van der Waals surface area contributed by atoms with Crippen LogP contribution in [0.15, 0.2) is 58.2 Å². The molecule has 3 aromatic rings. The number of rotatable bonds is 6. The molecule has 0 saturated heterocycles. The number of methoxy groups -OCH3 is 1. The van der Waals surface area contributed by atoms with Crippen LogP contribution < -0.4 is 10.1 Å². The summed E-state index contributed by atoms with van der Waals surface area (Å²) in [6, 6.07) is 14.2. The zero-order chi connectivity index (χ0) is 17.6. The average Bonchev–Trinajstić information content (AvgIpc) is 3.10. The summed E-state index contributed by atoms with van der Waals surface area (Å²) in [5.41, 5.74) is 1.46. The number of ether oxygens (including phenoxy) is 1. The van der Waals surface area contributed by atoms with Gasteiger partial charge in [0.25, 0.3) is 5.22 Å². The maximum Gasteiger partial charge on any atom is 0.277 e. The monoisotopic (exact) mass is 375 g/mol. The first kappa shape index (κ1) is 17.3. The highest BCUT2D eigenvalue weighted by Gasteiger charge is 2.11. The Morgan fingerprint density at radius 2 is 1.88 bits per heavy atom. The molecular weight excluding hydrogens is 362 g/mol. The van der Waals surface area contributed by atoms with Crippen molar-refractivity contribution in [2.45, 2.75) is 5.22 Å². The fourth-order valence-corrected chi connectivity index (χ4v) is 2.67.